The van der Waals surface area contributed by atoms with Crippen LogP contribution >= 0.6 is 0 Å². The first kappa shape index (κ1) is 25.7. The molecular weight excluding hydrogens is 446 g/mol. The molecule has 0 bridgehead atoms. The molecule has 12 heteroatoms. The Bertz CT molecular complexity index is 904. The monoisotopic (exact) mass is 473 g/mol. The lowest BCUT2D eigenvalue weighted by molar-refractivity contribution is -0.268. The fourth-order valence-corrected chi connectivity index (χ4v) is 3.80. The summed E-state index contributed by atoms with van der Waals surface area (Å²) in [5.41, 5.74) is 0.298. The van der Waals surface area contributed by atoms with E-state index in [1.54, 1.807) is 37.3 Å². The maximum atomic E-state index is 12.8. The first-order valence-electron chi connectivity index (χ1n) is 9.83. The van der Waals surface area contributed by atoms with Crippen LogP contribution in [0.4, 0.5) is 0 Å². The molecule has 1 aliphatic rings. The Labute approximate surface area is 186 Å². The summed E-state index contributed by atoms with van der Waals surface area (Å²) >= 11 is 0. The summed E-state index contributed by atoms with van der Waals surface area (Å²) in [6.07, 6.45) is -4.24. The molecule has 32 heavy (non-hydrogen) atoms. The molecule has 0 aliphatic carbocycles. The van der Waals surface area contributed by atoms with Gasteiger partial charge in [-0.25, -0.2) is 0 Å². The molecule has 5 atom stereocenters. The van der Waals surface area contributed by atoms with E-state index < -0.39 is 58.6 Å². The average molecular weight is 474 g/mol. The Balaban J connectivity index is 2.45. The number of carbonyl (C=O) groups is 3. The van der Waals surface area contributed by atoms with Crippen molar-refractivity contribution in [1.82, 2.24) is 5.32 Å². The van der Waals surface area contributed by atoms with Gasteiger partial charge in [0.1, 0.15) is 24.9 Å². The molecular formula is C20H27NO10S. The van der Waals surface area contributed by atoms with Gasteiger partial charge in [-0.2, -0.15) is 8.42 Å². The summed E-state index contributed by atoms with van der Waals surface area (Å²) in [7, 11) is -4.08. The van der Waals surface area contributed by atoms with Crippen LogP contribution in [0.2, 0.25) is 0 Å². The Kier molecular flexibility index (Phi) is 9.13. The van der Waals surface area contributed by atoms with Crippen molar-refractivity contribution in [1.29, 1.82) is 0 Å². The van der Waals surface area contributed by atoms with Crippen molar-refractivity contribution in [3.8, 4) is 0 Å². The van der Waals surface area contributed by atoms with Gasteiger partial charge in [0, 0.05) is 26.0 Å². The van der Waals surface area contributed by atoms with Crippen LogP contribution in [0.1, 0.15) is 31.1 Å². The van der Waals surface area contributed by atoms with Crippen molar-refractivity contribution >= 4 is 28.0 Å². The number of amides is 1. The van der Waals surface area contributed by atoms with Crippen molar-refractivity contribution in [3.05, 3.63) is 35.9 Å². The summed E-state index contributed by atoms with van der Waals surface area (Å²) in [5, 5.41) is 2.65. The van der Waals surface area contributed by atoms with Crippen LogP contribution in [-0.2, 0) is 42.8 Å². The molecule has 11 nitrogen and oxygen atoms in total. The molecule has 1 aliphatic heterocycles. The minimum absolute atomic E-state index is 0.145. The maximum absolute atomic E-state index is 12.8. The van der Waals surface area contributed by atoms with Gasteiger partial charge in [0.2, 0.25) is 0 Å². The zero-order chi connectivity index (χ0) is 23.9. The predicted molar refractivity (Wildman–Crippen MR) is 110 cm³/mol. The van der Waals surface area contributed by atoms with Gasteiger partial charge in [0.05, 0.1) is 6.26 Å². The van der Waals surface area contributed by atoms with E-state index in [4.69, 9.17) is 23.1 Å². The molecule has 1 saturated heterocycles. The molecule has 1 aromatic carbocycles. The third-order valence-electron chi connectivity index (χ3n) is 4.35. The summed E-state index contributed by atoms with van der Waals surface area (Å²) in [5.74, 6) is -1.93. The smallest absolute Gasteiger partial charge is 0.303 e. The third-order valence-corrected chi connectivity index (χ3v) is 4.92. The summed E-state index contributed by atoms with van der Waals surface area (Å²) in [6.45, 7) is 3.75. The van der Waals surface area contributed by atoms with E-state index in [-0.39, 0.29) is 13.2 Å². The minimum Gasteiger partial charge on any atom is -0.463 e. The highest BCUT2D eigenvalue weighted by atomic mass is 32.2. The quantitative estimate of drug-likeness (QED) is 0.395. The fourth-order valence-electron chi connectivity index (χ4n) is 3.17. The standard InChI is InChI=1S/C20H27NO10S/c1-5-27-20-16(21-19(24)14-9-7-6-8-10-14)18(31-32(4,25)26)17(29-13(3)23)15(30-20)11-28-12(2)22/h6-10,15-18,20H,5,11H2,1-4H3,(H,21,24). The first-order chi connectivity index (χ1) is 15.0. The lowest BCUT2D eigenvalue weighted by Gasteiger charge is -2.44. The van der Waals surface area contributed by atoms with Crippen LogP contribution in [0.3, 0.4) is 0 Å². The van der Waals surface area contributed by atoms with Crippen LogP contribution in [0, 0.1) is 0 Å². The number of carbonyl (C=O) groups excluding carboxylic acids is 3. The second kappa shape index (κ2) is 11.4. The van der Waals surface area contributed by atoms with Crippen molar-refractivity contribution in [2.24, 2.45) is 0 Å². The molecule has 0 saturated carbocycles. The molecule has 0 radical (unpaired) electrons. The molecule has 2 rings (SSSR count). The zero-order valence-corrected chi connectivity index (χ0v) is 19.0. The van der Waals surface area contributed by atoms with Crippen molar-refractivity contribution in [2.45, 2.75) is 51.4 Å². The van der Waals surface area contributed by atoms with Crippen LogP contribution in [0.25, 0.3) is 0 Å². The second-order valence-corrected chi connectivity index (χ2v) is 8.61. The molecule has 0 spiro atoms. The molecule has 5 unspecified atom stereocenters. The second-order valence-electron chi connectivity index (χ2n) is 7.01. The number of esters is 2. The number of rotatable bonds is 9. The van der Waals surface area contributed by atoms with Crippen LogP contribution in [0.15, 0.2) is 30.3 Å². The summed E-state index contributed by atoms with van der Waals surface area (Å²) in [4.78, 5) is 35.8. The topological polar surface area (TPSA) is 144 Å². The number of hydrogen-bond acceptors (Lipinski definition) is 10. The highest BCUT2D eigenvalue weighted by Gasteiger charge is 2.51. The number of hydrogen-bond donors (Lipinski definition) is 1. The van der Waals surface area contributed by atoms with E-state index in [0.29, 0.717) is 5.56 Å². The van der Waals surface area contributed by atoms with Gasteiger partial charge in [-0.05, 0) is 19.1 Å². The Morgan fingerprint density at radius 3 is 2.25 bits per heavy atom. The van der Waals surface area contributed by atoms with Crippen LogP contribution in [0.5, 0.6) is 0 Å². The van der Waals surface area contributed by atoms with Crippen molar-refractivity contribution in [2.75, 3.05) is 19.5 Å². The molecule has 0 aromatic heterocycles. The normalized spacial score (nSPS) is 25.6. The Morgan fingerprint density at radius 2 is 1.72 bits per heavy atom. The maximum Gasteiger partial charge on any atom is 0.303 e. The van der Waals surface area contributed by atoms with E-state index in [2.05, 4.69) is 5.32 Å². The molecule has 1 N–H and O–H groups in total. The Hall–Kier alpha value is -2.54. The lowest BCUT2D eigenvalue weighted by atomic mass is 9.96. The van der Waals surface area contributed by atoms with E-state index in [1.165, 1.54) is 6.92 Å². The summed E-state index contributed by atoms with van der Waals surface area (Å²) < 4.78 is 51.0. The predicted octanol–water partition coefficient (Wildman–Crippen LogP) is 0.386. The van der Waals surface area contributed by atoms with Gasteiger partial charge in [-0.15, -0.1) is 0 Å². The minimum atomic E-state index is -4.08. The fraction of sp³-hybridized carbons (Fsp3) is 0.550. The Morgan fingerprint density at radius 1 is 1.06 bits per heavy atom. The largest absolute Gasteiger partial charge is 0.463 e. The van der Waals surface area contributed by atoms with Crippen LogP contribution < -0.4 is 5.32 Å². The van der Waals surface area contributed by atoms with Crippen molar-refractivity contribution in [3.63, 3.8) is 0 Å². The molecule has 178 valence electrons. The van der Waals surface area contributed by atoms with Gasteiger partial charge >= 0.3 is 11.9 Å². The van der Waals surface area contributed by atoms with E-state index >= 15 is 0 Å². The van der Waals surface area contributed by atoms with E-state index in [9.17, 15) is 22.8 Å². The lowest BCUT2D eigenvalue weighted by Crippen LogP contribution is -2.66. The van der Waals surface area contributed by atoms with Gasteiger partial charge in [-0.1, -0.05) is 18.2 Å². The highest BCUT2D eigenvalue weighted by Crippen LogP contribution is 2.29. The molecule has 1 amide bonds. The highest BCUT2D eigenvalue weighted by molar-refractivity contribution is 7.86. The van der Waals surface area contributed by atoms with Gasteiger partial charge in [-0.3, -0.25) is 18.6 Å². The molecule has 1 fully saturated rings. The van der Waals surface area contributed by atoms with Gasteiger partial charge in [0.15, 0.2) is 12.4 Å². The zero-order valence-electron chi connectivity index (χ0n) is 18.2. The SMILES string of the molecule is CCOC1OC(COC(C)=O)C(OC(C)=O)C(OS(C)(=O)=O)C1NC(=O)c1ccccc1. The average Bonchev–Trinajstić information content (AvgIpc) is 2.70. The van der Waals surface area contributed by atoms with Crippen molar-refractivity contribution < 1.29 is 45.9 Å². The molecule has 1 heterocycles. The first-order valence-corrected chi connectivity index (χ1v) is 11.6. The summed E-state index contributed by atoms with van der Waals surface area (Å²) in [6, 6.07) is 6.99. The van der Waals surface area contributed by atoms with Gasteiger partial charge < -0.3 is 24.3 Å². The third kappa shape index (κ3) is 7.55. The number of ether oxygens (including phenoxy) is 4. The molecule has 1 aromatic rings. The number of nitrogens with one attached hydrogen (secondary N) is 1. The van der Waals surface area contributed by atoms with E-state index in [0.717, 1.165) is 13.2 Å². The van der Waals surface area contributed by atoms with Gasteiger partial charge in [0.25, 0.3) is 16.0 Å². The number of benzene rings is 1. The van der Waals surface area contributed by atoms with E-state index in [1.807, 2.05) is 0 Å². The van der Waals surface area contributed by atoms with Crippen LogP contribution in [-0.4, -0.2) is 76.4 Å².